The lowest BCUT2D eigenvalue weighted by Gasteiger charge is -2.10. The van der Waals surface area contributed by atoms with Crippen molar-refractivity contribution < 1.29 is 14.7 Å². The number of aliphatic carboxylic acids is 1. The molecule has 0 aliphatic heterocycles. The van der Waals surface area contributed by atoms with Crippen molar-refractivity contribution >= 4 is 11.9 Å². The molecular formula is C12H15NO3. The summed E-state index contributed by atoms with van der Waals surface area (Å²) in [7, 11) is 0. The summed E-state index contributed by atoms with van der Waals surface area (Å²) in [5, 5.41) is 11.4. The maximum atomic E-state index is 11.5. The van der Waals surface area contributed by atoms with Gasteiger partial charge in [-0.2, -0.15) is 0 Å². The van der Waals surface area contributed by atoms with Crippen molar-refractivity contribution in [3.05, 3.63) is 35.9 Å². The fourth-order valence-electron chi connectivity index (χ4n) is 1.38. The molecule has 0 aliphatic rings. The minimum Gasteiger partial charge on any atom is -0.481 e. The van der Waals surface area contributed by atoms with Gasteiger partial charge in [0.2, 0.25) is 5.91 Å². The van der Waals surface area contributed by atoms with Gasteiger partial charge in [-0.1, -0.05) is 37.3 Å². The predicted molar refractivity (Wildman–Crippen MR) is 59.7 cm³/mol. The van der Waals surface area contributed by atoms with E-state index < -0.39 is 17.8 Å². The first kappa shape index (κ1) is 12.2. The van der Waals surface area contributed by atoms with Crippen LogP contribution in [0.15, 0.2) is 30.3 Å². The molecule has 0 aliphatic carbocycles. The molecule has 1 rings (SSSR count). The van der Waals surface area contributed by atoms with E-state index in [4.69, 9.17) is 5.11 Å². The van der Waals surface area contributed by atoms with Gasteiger partial charge in [0.25, 0.3) is 0 Å². The number of benzene rings is 1. The molecule has 0 radical (unpaired) electrons. The van der Waals surface area contributed by atoms with Crippen LogP contribution in [0, 0.1) is 5.92 Å². The molecule has 0 bridgehead atoms. The molecule has 2 N–H and O–H groups in total. The zero-order chi connectivity index (χ0) is 12.0. The van der Waals surface area contributed by atoms with Gasteiger partial charge in [0.1, 0.15) is 5.92 Å². The van der Waals surface area contributed by atoms with Crippen LogP contribution < -0.4 is 5.32 Å². The Kier molecular flexibility index (Phi) is 4.51. The summed E-state index contributed by atoms with van der Waals surface area (Å²) in [5.74, 6) is -2.46. The first-order valence-corrected chi connectivity index (χ1v) is 5.19. The van der Waals surface area contributed by atoms with Crippen LogP contribution in [0.3, 0.4) is 0 Å². The van der Waals surface area contributed by atoms with Crippen LogP contribution in [0.1, 0.15) is 18.9 Å². The van der Waals surface area contributed by atoms with Crippen LogP contribution in [-0.4, -0.2) is 17.0 Å². The quantitative estimate of drug-likeness (QED) is 0.739. The Morgan fingerprint density at radius 1 is 1.31 bits per heavy atom. The Hall–Kier alpha value is -1.84. The number of hydrogen-bond donors (Lipinski definition) is 2. The normalized spacial score (nSPS) is 11.8. The number of carbonyl (C=O) groups is 2. The van der Waals surface area contributed by atoms with Gasteiger partial charge >= 0.3 is 5.97 Å². The van der Waals surface area contributed by atoms with Crippen molar-refractivity contribution in [1.29, 1.82) is 0 Å². The van der Waals surface area contributed by atoms with E-state index in [-0.39, 0.29) is 0 Å². The number of carbonyl (C=O) groups excluding carboxylic acids is 1. The lowest BCUT2D eigenvalue weighted by molar-refractivity contribution is -0.147. The van der Waals surface area contributed by atoms with Gasteiger partial charge in [0, 0.05) is 6.54 Å². The van der Waals surface area contributed by atoms with Gasteiger partial charge in [-0.3, -0.25) is 9.59 Å². The molecular weight excluding hydrogens is 206 g/mol. The van der Waals surface area contributed by atoms with Crippen molar-refractivity contribution in [2.45, 2.75) is 19.9 Å². The average molecular weight is 221 g/mol. The largest absolute Gasteiger partial charge is 0.481 e. The molecule has 1 aromatic rings. The van der Waals surface area contributed by atoms with Gasteiger partial charge in [0.15, 0.2) is 0 Å². The summed E-state index contributed by atoms with van der Waals surface area (Å²) in [6.45, 7) is 2.05. The van der Waals surface area contributed by atoms with Crippen molar-refractivity contribution in [3.8, 4) is 0 Å². The lowest BCUT2D eigenvalue weighted by atomic mass is 10.1. The molecule has 0 aromatic heterocycles. The molecule has 4 heteroatoms. The Morgan fingerprint density at radius 2 is 1.94 bits per heavy atom. The van der Waals surface area contributed by atoms with Crippen LogP contribution in [0.25, 0.3) is 0 Å². The van der Waals surface area contributed by atoms with Gasteiger partial charge < -0.3 is 10.4 Å². The number of carboxylic acids is 1. The third-order valence-electron chi connectivity index (χ3n) is 2.33. The summed E-state index contributed by atoms with van der Waals surface area (Å²) in [6, 6.07) is 9.38. The molecule has 0 saturated carbocycles. The highest BCUT2D eigenvalue weighted by atomic mass is 16.4. The highest BCUT2D eigenvalue weighted by Crippen LogP contribution is 2.04. The molecule has 1 amide bonds. The fraction of sp³-hybridized carbons (Fsp3) is 0.333. The summed E-state index contributed by atoms with van der Waals surface area (Å²) >= 11 is 0. The van der Waals surface area contributed by atoms with Gasteiger partial charge in [-0.25, -0.2) is 0 Å². The molecule has 16 heavy (non-hydrogen) atoms. The second-order valence-electron chi connectivity index (χ2n) is 3.50. The van der Waals surface area contributed by atoms with E-state index >= 15 is 0 Å². The molecule has 0 heterocycles. The zero-order valence-corrected chi connectivity index (χ0v) is 9.14. The summed E-state index contributed by atoms with van der Waals surface area (Å²) in [6.07, 6.45) is 0.302. The SMILES string of the molecule is CCC(C(=O)O)C(=O)NCc1ccccc1. The van der Waals surface area contributed by atoms with E-state index in [2.05, 4.69) is 5.32 Å². The standard InChI is InChI=1S/C12H15NO3/c1-2-10(12(15)16)11(14)13-8-9-6-4-3-5-7-9/h3-7,10H,2,8H2,1H3,(H,13,14)(H,15,16). The highest BCUT2D eigenvalue weighted by Gasteiger charge is 2.23. The summed E-state index contributed by atoms with van der Waals surface area (Å²) < 4.78 is 0. The molecule has 0 fully saturated rings. The second kappa shape index (κ2) is 5.90. The summed E-state index contributed by atoms with van der Waals surface area (Å²) in [5.41, 5.74) is 0.955. The molecule has 4 nitrogen and oxygen atoms in total. The fourth-order valence-corrected chi connectivity index (χ4v) is 1.38. The van der Waals surface area contributed by atoms with E-state index in [0.717, 1.165) is 5.56 Å². The van der Waals surface area contributed by atoms with Gasteiger partial charge in [-0.15, -0.1) is 0 Å². The molecule has 1 unspecified atom stereocenters. The minimum atomic E-state index is -1.08. The molecule has 0 saturated heterocycles. The van der Waals surface area contributed by atoms with Crippen LogP contribution in [0.2, 0.25) is 0 Å². The van der Waals surface area contributed by atoms with Crippen molar-refractivity contribution in [1.82, 2.24) is 5.32 Å². The van der Waals surface area contributed by atoms with Crippen LogP contribution in [0.5, 0.6) is 0 Å². The molecule has 86 valence electrons. The average Bonchev–Trinajstić information content (AvgIpc) is 2.28. The first-order valence-electron chi connectivity index (χ1n) is 5.19. The lowest BCUT2D eigenvalue weighted by Crippen LogP contribution is -2.34. The second-order valence-corrected chi connectivity index (χ2v) is 3.50. The maximum Gasteiger partial charge on any atom is 0.316 e. The van der Waals surface area contributed by atoms with Gasteiger partial charge in [0.05, 0.1) is 0 Å². The smallest absolute Gasteiger partial charge is 0.316 e. The van der Waals surface area contributed by atoms with Crippen LogP contribution in [-0.2, 0) is 16.1 Å². The van der Waals surface area contributed by atoms with Crippen molar-refractivity contribution in [2.24, 2.45) is 5.92 Å². The van der Waals surface area contributed by atoms with E-state index in [1.54, 1.807) is 6.92 Å². The Bertz CT molecular complexity index is 362. The third kappa shape index (κ3) is 3.38. The highest BCUT2D eigenvalue weighted by molar-refractivity contribution is 5.96. The number of rotatable bonds is 5. The Balaban J connectivity index is 2.49. The number of hydrogen-bond acceptors (Lipinski definition) is 2. The van der Waals surface area contributed by atoms with Crippen LogP contribution in [0.4, 0.5) is 0 Å². The van der Waals surface area contributed by atoms with Gasteiger partial charge in [-0.05, 0) is 12.0 Å². The first-order chi connectivity index (χ1) is 7.65. The van der Waals surface area contributed by atoms with Crippen molar-refractivity contribution in [2.75, 3.05) is 0 Å². The number of nitrogens with one attached hydrogen (secondary N) is 1. The summed E-state index contributed by atoms with van der Waals surface area (Å²) in [4.78, 5) is 22.2. The van der Waals surface area contributed by atoms with E-state index in [1.165, 1.54) is 0 Å². The van der Waals surface area contributed by atoms with Crippen LogP contribution >= 0.6 is 0 Å². The molecule has 0 spiro atoms. The number of carboxylic acid groups (broad SMARTS) is 1. The molecule has 1 aromatic carbocycles. The molecule has 1 atom stereocenters. The van der Waals surface area contributed by atoms with Crippen molar-refractivity contribution in [3.63, 3.8) is 0 Å². The minimum absolute atomic E-state index is 0.302. The zero-order valence-electron chi connectivity index (χ0n) is 9.14. The third-order valence-corrected chi connectivity index (χ3v) is 2.33. The Labute approximate surface area is 94.3 Å². The topological polar surface area (TPSA) is 66.4 Å². The number of amides is 1. The maximum absolute atomic E-state index is 11.5. The van der Waals surface area contributed by atoms with E-state index in [1.807, 2.05) is 30.3 Å². The predicted octanol–water partition coefficient (Wildman–Crippen LogP) is 1.41. The van der Waals surface area contributed by atoms with E-state index in [0.29, 0.717) is 13.0 Å². The van der Waals surface area contributed by atoms with E-state index in [9.17, 15) is 9.59 Å². The Morgan fingerprint density at radius 3 is 2.44 bits per heavy atom. The monoisotopic (exact) mass is 221 g/mol.